The highest BCUT2D eigenvalue weighted by atomic mass is 16.5. The zero-order valence-corrected chi connectivity index (χ0v) is 11.5. The van der Waals surface area contributed by atoms with Crippen molar-refractivity contribution in [1.29, 1.82) is 0 Å². The molecule has 3 heteroatoms. The number of hydrogen-bond donors (Lipinski definition) is 1. The molecule has 1 aromatic carbocycles. The molecule has 0 heterocycles. The average molecular weight is 251 g/mol. The third-order valence-electron chi connectivity index (χ3n) is 3.21. The Kier molecular flexibility index (Phi) is 7.65. The standard InChI is InChI=1S/C15H25NO2/c1-13-5-3-4-6-15(13)11-14(12-16)7-8-18-10-9-17-2/h3-6,14H,7-12,16H2,1-2H3. The van der Waals surface area contributed by atoms with Gasteiger partial charge in [0.15, 0.2) is 0 Å². The third kappa shape index (κ3) is 5.63. The van der Waals surface area contributed by atoms with Gasteiger partial charge in [-0.3, -0.25) is 0 Å². The Balaban J connectivity index is 2.31. The van der Waals surface area contributed by atoms with Crippen LogP contribution in [0.15, 0.2) is 24.3 Å². The summed E-state index contributed by atoms with van der Waals surface area (Å²) in [4.78, 5) is 0. The van der Waals surface area contributed by atoms with Gasteiger partial charge in [0.1, 0.15) is 0 Å². The number of rotatable bonds is 9. The molecule has 1 rings (SSSR count). The molecule has 0 amide bonds. The summed E-state index contributed by atoms with van der Waals surface area (Å²) in [7, 11) is 1.68. The van der Waals surface area contributed by atoms with Crippen LogP contribution >= 0.6 is 0 Å². The molecule has 0 spiro atoms. The summed E-state index contributed by atoms with van der Waals surface area (Å²) in [6.45, 7) is 4.94. The second kappa shape index (κ2) is 9.09. The van der Waals surface area contributed by atoms with E-state index >= 15 is 0 Å². The molecule has 2 N–H and O–H groups in total. The molecular weight excluding hydrogens is 226 g/mol. The highest BCUT2D eigenvalue weighted by Gasteiger charge is 2.09. The summed E-state index contributed by atoms with van der Waals surface area (Å²) in [6.07, 6.45) is 2.05. The van der Waals surface area contributed by atoms with E-state index < -0.39 is 0 Å². The fraction of sp³-hybridized carbons (Fsp3) is 0.600. The van der Waals surface area contributed by atoms with Gasteiger partial charge in [-0.05, 0) is 43.4 Å². The summed E-state index contributed by atoms with van der Waals surface area (Å²) in [5.41, 5.74) is 8.57. The first-order valence-electron chi connectivity index (χ1n) is 6.59. The first-order chi connectivity index (χ1) is 8.77. The van der Waals surface area contributed by atoms with Crippen LogP contribution in [0.5, 0.6) is 0 Å². The van der Waals surface area contributed by atoms with E-state index in [9.17, 15) is 0 Å². The normalized spacial score (nSPS) is 12.6. The van der Waals surface area contributed by atoms with E-state index in [4.69, 9.17) is 15.2 Å². The SMILES string of the molecule is COCCOCCC(CN)Cc1ccccc1C. The summed E-state index contributed by atoms with van der Waals surface area (Å²) < 4.78 is 10.4. The Hall–Kier alpha value is -0.900. The maximum absolute atomic E-state index is 5.83. The minimum Gasteiger partial charge on any atom is -0.382 e. The van der Waals surface area contributed by atoms with Gasteiger partial charge in [0.05, 0.1) is 13.2 Å². The summed E-state index contributed by atoms with van der Waals surface area (Å²) >= 11 is 0. The predicted octanol–water partition coefficient (Wildman–Crippen LogP) is 2.17. The first-order valence-corrected chi connectivity index (χ1v) is 6.59. The Morgan fingerprint density at radius 1 is 1.17 bits per heavy atom. The topological polar surface area (TPSA) is 44.5 Å². The number of ether oxygens (including phenoxy) is 2. The Labute approximate surface area is 110 Å². The van der Waals surface area contributed by atoms with Gasteiger partial charge in [0, 0.05) is 13.7 Å². The van der Waals surface area contributed by atoms with Gasteiger partial charge in [-0.25, -0.2) is 0 Å². The van der Waals surface area contributed by atoms with Gasteiger partial charge in [-0.1, -0.05) is 24.3 Å². The van der Waals surface area contributed by atoms with Gasteiger partial charge < -0.3 is 15.2 Å². The van der Waals surface area contributed by atoms with Gasteiger partial charge in [0.25, 0.3) is 0 Å². The average Bonchev–Trinajstić information content (AvgIpc) is 2.39. The third-order valence-corrected chi connectivity index (χ3v) is 3.21. The first kappa shape index (κ1) is 15.2. The van der Waals surface area contributed by atoms with Gasteiger partial charge in [-0.15, -0.1) is 0 Å². The molecule has 1 aromatic rings. The zero-order chi connectivity index (χ0) is 13.2. The minimum absolute atomic E-state index is 0.494. The van der Waals surface area contributed by atoms with E-state index in [0.29, 0.717) is 25.7 Å². The summed E-state index contributed by atoms with van der Waals surface area (Å²) in [5.74, 6) is 0.494. The van der Waals surface area contributed by atoms with Crippen molar-refractivity contribution in [1.82, 2.24) is 0 Å². The number of benzene rings is 1. The number of hydrogen-bond acceptors (Lipinski definition) is 3. The van der Waals surface area contributed by atoms with Crippen molar-refractivity contribution in [2.75, 3.05) is 33.5 Å². The van der Waals surface area contributed by atoms with Crippen LogP contribution in [0.25, 0.3) is 0 Å². The predicted molar refractivity (Wildman–Crippen MR) is 74.7 cm³/mol. The molecule has 18 heavy (non-hydrogen) atoms. The molecule has 0 radical (unpaired) electrons. The van der Waals surface area contributed by atoms with E-state index in [2.05, 4.69) is 31.2 Å². The molecule has 102 valence electrons. The van der Waals surface area contributed by atoms with E-state index in [0.717, 1.165) is 19.4 Å². The van der Waals surface area contributed by atoms with Crippen LogP contribution in [0, 0.1) is 12.8 Å². The van der Waals surface area contributed by atoms with Crippen molar-refractivity contribution in [2.24, 2.45) is 11.7 Å². The monoisotopic (exact) mass is 251 g/mol. The second-order valence-corrected chi connectivity index (χ2v) is 4.63. The van der Waals surface area contributed by atoms with Crippen molar-refractivity contribution in [3.8, 4) is 0 Å². The molecule has 0 aromatic heterocycles. The fourth-order valence-corrected chi connectivity index (χ4v) is 1.95. The highest BCUT2D eigenvalue weighted by Crippen LogP contribution is 2.15. The molecule has 0 aliphatic carbocycles. The quantitative estimate of drug-likeness (QED) is 0.684. The van der Waals surface area contributed by atoms with Crippen LogP contribution in [0.1, 0.15) is 17.5 Å². The van der Waals surface area contributed by atoms with Gasteiger partial charge in [-0.2, -0.15) is 0 Å². The van der Waals surface area contributed by atoms with Crippen molar-refractivity contribution in [3.63, 3.8) is 0 Å². The maximum Gasteiger partial charge on any atom is 0.0700 e. The molecule has 0 saturated carbocycles. The van der Waals surface area contributed by atoms with E-state index in [1.54, 1.807) is 7.11 Å². The van der Waals surface area contributed by atoms with E-state index in [-0.39, 0.29) is 0 Å². The van der Waals surface area contributed by atoms with Crippen molar-refractivity contribution >= 4 is 0 Å². The van der Waals surface area contributed by atoms with Crippen LogP contribution in [0.3, 0.4) is 0 Å². The number of aryl methyl sites for hydroxylation is 1. The second-order valence-electron chi connectivity index (χ2n) is 4.63. The van der Waals surface area contributed by atoms with Gasteiger partial charge in [0.2, 0.25) is 0 Å². The van der Waals surface area contributed by atoms with Gasteiger partial charge >= 0.3 is 0 Å². The Morgan fingerprint density at radius 3 is 2.61 bits per heavy atom. The zero-order valence-electron chi connectivity index (χ0n) is 11.5. The Bertz CT molecular complexity index is 328. The lowest BCUT2D eigenvalue weighted by Gasteiger charge is -2.16. The molecule has 0 fully saturated rings. The fourth-order valence-electron chi connectivity index (χ4n) is 1.95. The van der Waals surface area contributed by atoms with Crippen LogP contribution in [-0.2, 0) is 15.9 Å². The largest absolute Gasteiger partial charge is 0.382 e. The summed E-state index contributed by atoms with van der Waals surface area (Å²) in [6, 6.07) is 8.50. The molecule has 1 atom stereocenters. The van der Waals surface area contributed by atoms with Crippen molar-refractivity contribution < 1.29 is 9.47 Å². The van der Waals surface area contributed by atoms with Crippen molar-refractivity contribution in [3.05, 3.63) is 35.4 Å². The maximum atomic E-state index is 5.83. The van der Waals surface area contributed by atoms with E-state index in [1.165, 1.54) is 11.1 Å². The van der Waals surface area contributed by atoms with Crippen LogP contribution in [-0.4, -0.2) is 33.5 Å². The van der Waals surface area contributed by atoms with Crippen LogP contribution in [0.4, 0.5) is 0 Å². The molecule has 0 aliphatic heterocycles. The lowest BCUT2D eigenvalue weighted by molar-refractivity contribution is 0.0641. The smallest absolute Gasteiger partial charge is 0.0700 e. The number of nitrogens with two attached hydrogens (primary N) is 1. The Morgan fingerprint density at radius 2 is 1.94 bits per heavy atom. The minimum atomic E-state index is 0.494. The van der Waals surface area contributed by atoms with E-state index in [1.807, 2.05) is 0 Å². The molecule has 3 nitrogen and oxygen atoms in total. The molecular formula is C15H25NO2. The molecule has 1 unspecified atom stereocenters. The summed E-state index contributed by atoms with van der Waals surface area (Å²) in [5, 5.41) is 0. The highest BCUT2D eigenvalue weighted by molar-refractivity contribution is 5.25. The molecule has 0 aliphatic rings. The lowest BCUT2D eigenvalue weighted by atomic mass is 9.94. The van der Waals surface area contributed by atoms with Crippen LogP contribution < -0.4 is 5.73 Å². The lowest BCUT2D eigenvalue weighted by Crippen LogP contribution is -2.19. The van der Waals surface area contributed by atoms with Crippen molar-refractivity contribution in [2.45, 2.75) is 19.8 Å². The molecule has 0 saturated heterocycles. The molecule has 0 bridgehead atoms. The number of methoxy groups -OCH3 is 1. The van der Waals surface area contributed by atoms with Crippen LogP contribution in [0.2, 0.25) is 0 Å².